The van der Waals surface area contributed by atoms with Crippen LogP contribution in [0.25, 0.3) is 11.1 Å². The van der Waals surface area contributed by atoms with Crippen LogP contribution in [-0.4, -0.2) is 78.0 Å². The molecule has 16 nitrogen and oxygen atoms in total. The highest BCUT2D eigenvalue weighted by Crippen LogP contribution is 2.37. The Hall–Kier alpha value is -7.23. The fourth-order valence-corrected chi connectivity index (χ4v) is 6.20. The van der Waals surface area contributed by atoms with E-state index in [4.69, 9.17) is 34.5 Å². The minimum Gasteiger partial charge on any atom is -0.494 e. The molecule has 0 heterocycles. The first-order valence-electron chi connectivity index (χ1n) is 21.6. The van der Waals surface area contributed by atoms with Crippen molar-refractivity contribution in [3.63, 3.8) is 0 Å². The molecule has 0 saturated carbocycles. The lowest BCUT2D eigenvalue weighted by atomic mass is 10.0. The average molecular weight is 899 g/mol. The van der Waals surface area contributed by atoms with Crippen LogP contribution in [0.3, 0.4) is 0 Å². The molecule has 0 amide bonds. The highest BCUT2D eigenvalue weighted by atomic mass is 16.6. The molecule has 16 heteroatoms. The molecule has 4 aromatic carbocycles. The molecule has 348 valence electrons. The van der Waals surface area contributed by atoms with Crippen LogP contribution in [0.1, 0.15) is 125 Å². The van der Waals surface area contributed by atoms with Gasteiger partial charge in [0.1, 0.15) is 5.75 Å². The van der Waals surface area contributed by atoms with E-state index in [1.807, 2.05) is 30.3 Å². The summed E-state index contributed by atoms with van der Waals surface area (Å²) in [6, 6.07) is 21.7. The van der Waals surface area contributed by atoms with Crippen LogP contribution in [0.2, 0.25) is 0 Å². The van der Waals surface area contributed by atoms with Crippen molar-refractivity contribution in [3.05, 3.63) is 130 Å². The molecule has 0 unspecified atom stereocenters. The first-order chi connectivity index (χ1) is 31.4. The lowest BCUT2D eigenvalue weighted by molar-refractivity contribution is -0.385. The number of carbonyl (C=O) groups excluding carboxylic acids is 3. The first kappa shape index (κ1) is 52.1. The molecular weight excluding hydrogens is 841 g/mol. The molecule has 4 rings (SSSR count). The largest absolute Gasteiger partial charge is 0.494 e. The van der Waals surface area contributed by atoms with Gasteiger partial charge in [0, 0.05) is 35.9 Å². The average Bonchev–Trinajstić information content (AvgIpc) is 3.30. The molecule has 0 aliphatic rings. The van der Waals surface area contributed by atoms with Gasteiger partial charge in [-0.3, -0.25) is 10.1 Å². The Bertz CT molecular complexity index is 2170. The molecule has 0 atom stereocenters. The van der Waals surface area contributed by atoms with Gasteiger partial charge in [0.2, 0.25) is 0 Å². The Labute approximate surface area is 378 Å². The number of rotatable bonds is 28. The van der Waals surface area contributed by atoms with E-state index in [0.717, 1.165) is 94.8 Å². The Kier molecular flexibility index (Phi) is 23.4. The van der Waals surface area contributed by atoms with Gasteiger partial charge < -0.3 is 39.6 Å². The number of nitro groups is 1. The van der Waals surface area contributed by atoms with E-state index in [9.17, 15) is 39.2 Å². The van der Waals surface area contributed by atoms with Gasteiger partial charge in [-0.15, -0.1) is 0 Å². The van der Waals surface area contributed by atoms with E-state index >= 15 is 0 Å². The fourth-order valence-electron chi connectivity index (χ4n) is 6.20. The number of nitrogens with zero attached hydrogens (tertiary/aromatic N) is 1. The first-order valence-corrected chi connectivity index (χ1v) is 21.6. The van der Waals surface area contributed by atoms with Gasteiger partial charge in [-0.05, 0) is 67.3 Å². The van der Waals surface area contributed by atoms with Crippen molar-refractivity contribution in [1.82, 2.24) is 0 Å². The molecule has 4 N–H and O–H groups in total. The van der Waals surface area contributed by atoms with Gasteiger partial charge in [-0.2, -0.15) is 0 Å². The number of carboxylic acids is 2. The number of carbonyl (C=O) groups is 5. The summed E-state index contributed by atoms with van der Waals surface area (Å²) < 4.78 is 26.4. The van der Waals surface area contributed by atoms with Crippen molar-refractivity contribution in [3.8, 4) is 22.6 Å². The molecule has 0 spiro atoms. The van der Waals surface area contributed by atoms with Gasteiger partial charge in [0.25, 0.3) is 0 Å². The predicted molar refractivity (Wildman–Crippen MR) is 244 cm³/mol. The van der Waals surface area contributed by atoms with Crippen LogP contribution in [0.4, 0.5) is 11.4 Å². The van der Waals surface area contributed by atoms with Gasteiger partial charge in [-0.25, -0.2) is 24.0 Å². The number of hydrogen-bond donors (Lipinski definition) is 3. The van der Waals surface area contributed by atoms with Crippen molar-refractivity contribution in [2.24, 2.45) is 0 Å². The number of nitrogens with two attached hydrogens (primary N) is 1. The maximum atomic E-state index is 12.5. The molecule has 0 aromatic heterocycles. The molecule has 0 bridgehead atoms. The smallest absolute Gasteiger partial charge is 0.339 e. The Balaban J connectivity index is 0.000000492. The molecule has 65 heavy (non-hydrogen) atoms. The number of nitrogen functional groups attached to an aromatic ring is 1. The number of para-hydroxylation sites is 1. The van der Waals surface area contributed by atoms with E-state index in [1.54, 1.807) is 12.1 Å². The van der Waals surface area contributed by atoms with Gasteiger partial charge in [-0.1, -0.05) is 95.2 Å². The number of ether oxygens (including phenoxy) is 5. The zero-order valence-corrected chi connectivity index (χ0v) is 36.7. The van der Waals surface area contributed by atoms with Crippen LogP contribution in [0, 0.1) is 10.1 Å². The van der Waals surface area contributed by atoms with Crippen molar-refractivity contribution in [1.29, 1.82) is 0 Å². The minimum atomic E-state index is -1.42. The Morgan fingerprint density at radius 2 is 1.20 bits per heavy atom. The van der Waals surface area contributed by atoms with Crippen LogP contribution in [0.5, 0.6) is 11.5 Å². The maximum Gasteiger partial charge on any atom is 0.339 e. The van der Waals surface area contributed by atoms with Crippen molar-refractivity contribution < 1.29 is 62.8 Å². The van der Waals surface area contributed by atoms with Gasteiger partial charge in [0.05, 0.1) is 60.2 Å². The van der Waals surface area contributed by atoms with Crippen LogP contribution in [-0.2, 0) is 19.0 Å². The van der Waals surface area contributed by atoms with Gasteiger partial charge >= 0.3 is 35.5 Å². The van der Waals surface area contributed by atoms with E-state index in [-0.39, 0.29) is 53.9 Å². The number of aromatic carboxylic acids is 2. The van der Waals surface area contributed by atoms with Crippen molar-refractivity contribution >= 4 is 41.2 Å². The third-order valence-corrected chi connectivity index (χ3v) is 9.70. The fraction of sp³-hybridized carbons (Fsp3) is 0.367. The normalized spacial score (nSPS) is 10.4. The highest BCUT2D eigenvalue weighted by Gasteiger charge is 2.22. The number of carboxylic acid groups (broad SMARTS) is 2. The zero-order valence-electron chi connectivity index (χ0n) is 36.7. The summed E-state index contributed by atoms with van der Waals surface area (Å²) >= 11 is 0. The molecular formula is C49H58N2O14. The zero-order chi connectivity index (χ0) is 47.4. The number of hydrogen-bond acceptors (Lipinski definition) is 13. The number of nitro benzene ring substituents is 1. The summed E-state index contributed by atoms with van der Waals surface area (Å²) in [4.78, 5) is 69.4. The third-order valence-electron chi connectivity index (χ3n) is 9.70. The summed E-state index contributed by atoms with van der Waals surface area (Å²) in [6.07, 6.45) is 12.9. The lowest BCUT2D eigenvalue weighted by Crippen LogP contribution is -2.15. The lowest BCUT2D eigenvalue weighted by Gasteiger charge is -2.12. The molecule has 0 saturated heterocycles. The van der Waals surface area contributed by atoms with E-state index < -0.39 is 39.9 Å². The summed E-state index contributed by atoms with van der Waals surface area (Å²) in [6.45, 7) is 6.73. The second kappa shape index (κ2) is 29.2. The topological polar surface area (TPSA) is 241 Å². The highest BCUT2D eigenvalue weighted by molar-refractivity contribution is 6.04. The van der Waals surface area contributed by atoms with Gasteiger partial charge in [0.15, 0.2) is 5.75 Å². The standard InChI is InChI=1S/C33H36N2O11.C16H22O3/c1-2-3-4-5-6-7-15-44-29-20-27(34)25(19-28(29)35(42)43)21-9-11-22(12-10-21)32(40)45-16-8-17-46-33(41)26-18-23(30(36)37)13-14-24(26)31(38)39;1-2-16(17)19-14-10-5-3-4-9-13-18-15-11-7-6-8-12-15/h9-14,18-20H,2-8,15-17,34H2,1H3,(H,36,37)(H,38,39);2,6-8,11-12H,1,3-5,9-10,13-14H2. The Morgan fingerprint density at radius 1 is 0.631 bits per heavy atom. The monoisotopic (exact) mass is 898 g/mol. The molecule has 0 aliphatic heterocycles. The number of benzene rings is 4. The summed E-state index contributed by atoms with van der Waals surface area (Å²) in [7, 11) is 0. The summed E-state index contributed by atoms with van der Waals surface area (Å²) in [5, 5.41) is 30.1. The van der Waals surface area contributed by atoms with E-state index in [1.165, 1.54) is 36.8 Å². The number of unbranched alkanes of at least 4 members (excludes halogenated alkanes) is 9. The Morgan fingerprint density at radius 3 is 1.80 bits per heavy atom. The quantitative estimate of drug-likeness (QED) is 0.00913. The van der Waals surface area contributed by atoms with Crippen LogP contribution in [0.15, 0.2) is 97.6 Å². The molecule has 0 radical (unpaired) electrons. The molecule has 4 aromatic rings. The number of anilines is 1. The molecule has 0 fully saturated rings. The van der Waals surface area contributed by atoms with E-state index in [2.05, 4.69) is 13.5 Å². The predicted octanol–water partition coefficient (Wildman–Crippen LogP) is 10.1. The third kappa shape index (κ3) is 19.0. The molecule has 0 aliphatic carbocycles. The van der Waals surface area contributed by atoms with E-state index in [0.29, 0.717) is 24.3 Å². The van der Waals surface area contributed by atoms with Crippen LogP contribution >= 0.6 is 0 Å². The minimum absolute atomic E-state index is 0.0874. The summed E-state index contributed by atoms with van der Waals surface area (Å²) in [5.41, 5.74) is 6.33. The number of esters is 3. The summed E-state index contributed by atoms with van der Waals surface area (Å²) in [5.74, 6) is -3.76. The second-order valence-electron chi connectivity index (χ2n) is 14.7. The van der Waals surface area contributed by atoms with Crippen molar-refractivity contribution in [2.45, 2.75) is 84.0 Å². The van der Waals surface area contributed by atoms with Crippen LogP contribution < -0.4 is 15.2 Å². The SMILES string of the molecule is C=CC(=O)OCCCCCCCOc1ccccc1.CCCCCCCCOc1cc(N)c(-c2ccc(C(=O)OCCCOC(=O)c3cc(C(=O)O)ccc3C(=O)O)cc2)cc1[N+](=O)[O-]. The maximum absolute atomic E-state index is 12.5. The second-order valence-corrected chi connectivity index (χ2v) is 14.7. The van der Waals surface area contributed by atoms with Crippen molar-refractivity contribution in [2.75, 3.05) is 38.8 Å².